The highest BCUT2D eigenvalue weighted by Gasteiger charge is 2.23. The molecule has 3 N–H and O–H groups in total. The maximum absolute atomic E-state index is 12.4. The Bertz CT molecular complexity index is 1020. The number of unbranched alkanes of at least 4 members (excludes halogenated alkanes) is 21. The van der Waals surface area contributed by atoms with E-state index in [0.29, 0.717) is 19.3 Å². The van der Waals surface area contributed by atoms with Gasteiger partial charge in [0.05, 0.1) is 12.7 Å². The summed E-state index contributed by atoms with van der Waals surface area (Å²) in [5, 5.41) is 10.2. The number of allylic oxidation sites excluding steroid dienone is 5. The number of ether oxygens (including phenoxy) is 2. The van der Waals surface area contributed by atoms with Crippen molar-refractivity contribution in [3.63, 3.8) is 0 Å². The van der Waals surface area contributed by atoms with Gasteiger partial charge >= 0.3 is 19.8 Å². The summed E-state index contributed by atoms with van der Waals surface area (Å²) in [6.45, 7) is 5.88. The molecule has 0 amide bonds. The summed E-state index contributed by atoms with van der Waals surface area (Å²) in [6.07, 6.45) is 41.9. The van der Waals surface area contributed by atoms with E-state index >= 15 is 0 Å². The summed E-state index contributed by atoms with van der Waals surface area (Å²) in [4.78, 5) is 42.9. The van der Waals surface area contributed by atoms with Gasteiger partial charge in [0.1, 0.15) is 6.61 Å². The first-order chi connectivity index (χ1) is 26.5. The molecule has 0 aromatic heterocycles. The standard InChI is InChI=1S/C45H83O9P/c1-4-5-6-7-8-9-10-15-19-22-25-28-31-35-42(46)36-33-38-45(48)54-43(40-53-55(49,50)51)39-52-44(47)37-32-29-26-23-20-17-14-12-11-13-16-18-21-24-27-30-34-41(2)3/h15,19,25,28,31,35,41-43,46H,4-14,16-18,20-24,26-27,29-30,32-34,36-40H2,1-3H3,(H2,49,50,51)/b19-15+,28-25+,35-31+/t42?,43-/m1/s1. The average molecular weight is 799 g/mol. The summed E-state index contributed by atoms with van der Waals surface area (Å²) in [5.74, 6) is -0.240. The lowest BCUT2D eigenvalue weighted by atomic mass is 10.0. The molecule has 0 aromatic rings. The molecule has 0 radical (unpaired) electrons. The van der Waals surface area contributed by atoms with Gasteiger partial charge in [0.2, 0.25) is 0 Å². The van der Waals surface area contributed by atoms with Crippen LogP contribution in [0, 0.1) is 5.92 Å². The summed E-state index contributed by atoms with van der Waals surface area (Å²) in [5.41, 5.74) is 0. The quantitative estimate of drug-likeness (QED) is 0.0182. The molecular weight excluding hydrogens is 715 g/mol. The topological polar surface area (TPSA) is 140 Å². The van der Waals surface area contributed by atoms with Crippen molar-refractivity contribution in [1.29, 1.82) is 0 Å². The Hall–Kier alpha value is -1.77. The van der Waals surface area contributed by atoms with E-state index in [1.807, 2.05) is 12.2 Å². The molecule has 0 rings (SSSR count). The van der Waals surface area contributed by atoms with Crippen LogP contribution in [-0.2, 0) is 28.2 Å². The molecule has 55 heavy (non-hydrogen) atoms. The molecule has 0 aliphatic carbocycles. The first-order valence-corrected chi connectivity index (χ1v) is 23.8. The molecule has 0 spiro atoms. The molecule has 0 saturated heterocycles. The van der Waals surface area contributed by atoms with Crippen LogP contribution in [0.3, 0.4) is 0 Å². The van der Waals surface area contributed by atoms with Crippen molar-refractivity contribution in [2.45, 2.75) is 219 Å². The van der Waals surface area contributed by atoms with Gasteiger partial charge in [0.15, 0.2) is 6.10 Å². The van der Waals surface area contributed by atoms with Crippen LogP contribution in [0.5, 0.6) is 0 Å². The number of hydrogen-bond donors (Lipinski definition) is 3. The molecule has 0 heterocycles. The van der Waals surface area contributed by atoms with Crippen LogP contribution in [0.4, 0.5) is 0 Å². The minimum absolute atomic E-state index is 0.0106. The van der Waals surface area contributed by atoms with Gasteiger partial charge in [-0.25, -0.2) is 4.57 Å². The van der Waals surface area contributed by atoms with Crippen LogP contribution in [0.25, 0.3) is 0 Å². The van der Waals surface area contributed by atoms with Crippen molar-refractivity contribution < 1.29 is 43.0 Å². The van der Waals surface area contributed by atoms with E-state index in [1.54, 1.807) is 12.2 Å². The van der Waals surface area contributed by atoms with Gasteiger partial charge in [-0.05, 0) is 44.4 Å². The number of carbonyl (C=O) groups is 2. The fraction of sp³-hybridized carbons (Fsp3) is 0.822. The second-order valence-corrected chi connectivity index (χ2v) is 16.9. The zero-order valence-electron chi connectivity index (χ0n) is 35.4. The van der Waals surface area contributed by atoms with Gasteiger partial charge in [-0.3, -0.25) is 14.1 Å². The molecule has 1 unspecified atom stereocenters. The minimum atomic E-state index is -4.81. The zero-order valence-corrected chi connectivity index (χ0v) is 36.2. The van der Waals surface area contributed by atoms with E-state index in [2.05, 4.69) is 37.4 Å². The molecular formula is C45H83O9P. The molecule has 0 aromatic carbocycles. The van der Waals surface area contributed by atoms with Crippen molar-refractivity contribution >= 4 is 19.8 Å². The van der Waals surface area contributed by atoms with Gasteiger partial charge in [0.25, 0.3) is 0 Å². The number of esters is 2. The second kappa shape index (κ2) is 39.1. The Kier molecular flexibility index (Phi) is 37.8. The predicted molar refractivity (Wildman–Crippen MR) is 227 cm³/mol. The Morgan fingerprint density at radius 3 is 1.69 bits per heavy atom. The van der Waals surface area contributed by atoms with E-state index in [1.165, 1.54) is 122 Å². The fourth-order valence-corrected chi connectivity index (χ4v) is 6.69. The van der Waals surface area contributed by atoms with Crippen LogP contribution in [0.15, 0.2) is 36.5 Å². The summed E-state index contributed by atoms with van der Waals surface area (Å²) < 4.78 is 26.3. The zero-order chi connectivity index (χ0) is 40.7. The summed E-state index contributed by atoms with van der Waals surface area (Å²) in [7, 11) is -4.81. The largest absolute Gasteiger partial charge is 0.469 e. The van der Waals surface area contributed by atoms with Crippen LogP contribution in [-0.4, -0.2) is 52.3 Å². The van der Waals surface area contributed by atoms with Gasteiger partial charge in [-0.15, -0.1) is 0 Å². The number of aliphatic hydroxyl groups excluding tert-OH is 1. The van der Waals surface area contributed by atoms with E-state index in [9.17, 15) is 19.3 Å². The van der Waals surface area contributed by atoms with Gasteiger partial charge in [-0.1, -0.05) is 192 Å². The number of carbonyl (C=O) groups excluding carboxylic acids is 2. The van der Waals surface area contributed by atoms with Crippen LogP contribution >= 0.6 is 7.82 Å². The maximum atomic E-state index is 12.4. The lowest BCUT2D eigenvalue weighted by Crippen LogP contribution is -2.29. The van der Waals surface area contributed by atoms with Crippen molar-refractivity contribution in [3.8, 4) is 0 Å². The highest BCUT2D eigenvalue weighted by molar-refractivity contribution is 7.46. The van der Waals surface area contributed by atoms with Crippen molar-refractivity contribution in [3.05, 3.63) is 36.5 Å². The van der Waals surface area contributed by atoms with Crippen molar-refractivity contribution in [2.75, 3.05) is 13.2 Å². The highest BCUT2D eigenvalue weighted by atomic mass is 31.2. The Morgan fingerprint density at radius 1 is 0.600 bits per heavy atom. The Morgan fingerprint density at radius 2 is 1.13 bits per heavy atom. The second-order valence-electron chi connectivity index (χ2n) is 15.7. The average Bonchev–Trinajstić information content (AvgIpc) is 3.13. The van der Waals surface area contributed by atoms with Gasteiger partial charge < -0.3 is 24.4 Å². The smallest absolute Gasteiger partial charge is 0.462 e. The predicted octanol–water partition coefficient (Wildman–Crippen LogP) is 12.6. The van der Waals surface area contributed by atoms with E-state index < -0.39 is 38.6 Å². The Balaban J connectivity index is 4.03. The van der Waals surface area contributed by atoms with Crippen LogP contribution in [0.2, 0.25) is 0 Å². The summed E-state index contributed by atoms with van der Waals surface area (Å²) in [6, 6.07) is 0. The molecule has 9 nitrogen and oxygen atoms in total. The number of rotatable bonds is 40. The molecule has 0 bridgehead atoms. The Labute approximate surface area is 336 Å². The molecule has 2 atom stereocenters. The number of aliphatic hydroxyl groups is 1. The molecule has 0 saturated carbocycles. The number of hydrogen-bond acceptors (Lipinski definition) is 7. The fourth-order valence-electron chi connectivity index (χ4n) is 6.33. The third-order valence-corrected chi connectivity index (χ3v) is 10.2. The van der Waals surface area contributed by atoms with Crippen LogP contribution in [0.1, 0.15) is 207 Å². The monoisotopic (exact) mass is 799 g/mol. The van der Waals surface area contributed by atoms with Crippen molar-refractivity contribution in [1.82, 2.24) is 0 Å². The lowest BCUT2D eigenvalue weighted by molar-refractivity contribution is -0.161. The van der Waals surface area contributed by atoms with E-state index in [4.69, 9.17) is 19.3 Å². The minimum Gasteiger partial charge on any atom is -0.462 e. The van der Waals surface area contributed by atoms with Crippen LogP contribution < -0.4 is 0 Å². The van der Waals surface area contributed by atoms with E-state index in [-0.39, 0.29) is 19.4 Å². The normalized spacial score (nSPS) is 13.4. The third kappa shape index (κ3) is 43.2. The molecule has 10 heteroatoms. The SMILES string of the molecule is CCCCCCCC/C=C/C/C=C/C=C/C(O)CCCC(=O)O[C@H](COC(=O)CCCCCCCCCCCCCCCCCCC(C)C)COP(=O)(O)O. The number of phosphoric ester groups is 1. The first kappa shape index (κ1) is 53.2. The molecule has 322 valence electrons. The summed E-state index contributed by atoms with van der Waals surface area (Å²) >= 11 is 0. The molecule has 0 aliphatic rings. The first-order valence-electron chi connectivity index (χ1n) is 22.2. The van der Waals surface area contributed by atoms with E-state index in [0.717, 1.165) is 38.0 Å². The highest BCUT2D eigenvalue weighted by Crippen LogP contribution is 2.36. The maximum Gasteiger partial charge on any atom is 0.469 e. The molecule has 0 fully saturated rings. The molecule has 0 aliphatic heterocycles. The number of phosphoric acid groups is 1. The lowest BCUT2D eigenvalue weighted by Gasteiger charge is -2.18. The van der Waals surface area contributed by atoms with Crippen molar-refractivity contribution in [2.24, 2.45) is 5.92 Å². The van der Waals surface area contributed by atoms with Gasteiger partial charge in [-0.2, -0.15) is 0 Å². The van der Waals surface area contributed by atoms with Gasteiger partial charge in [0, 0.05) is 12.8 Å². The third-order valence-electron chi connectivity index (χ3n) is 9.69.